The SMILES string of the molecule is C[SiH]C.Cl.Cl.[C-]1=CC=CC1.[CH3-].[CH3-].[CH3-].[CH3-].[CH3-].[CH3-].[Zr].[c-]1ccc[nH]1. The number of rotatable bonds is 0. The molecule has 0 unspecified atom stereocenters. The molecule has 1 heterocycles. The van der Waals surface area contributed by atoms with Gasteiger partial charge in [-0.3, -0.25) is 6.08 Å². The number of aromatic amines is 1. The molecule has 1 aliphatic rings. The number of hydrogen-bond donors (Lipinski definition) is 1. The van der Waals surface area contributed by atoms with Crippen LogP contribution in [0.15, 0.2) is 36.6 Å². The third kappa shape index (κ3) is 70.9. The predicted molar refractivity (Wildman–Crippen MR) is 113 cm³/mol. The summed E-state index contributed by atoms with van der Waals surface area (Å²) in [7, 11) is 0.750. The van der Waals surface area contributed by atoms with Crippen molar-refractivity contribution < 1.29 is 26.2 Å². The van der Waals surface area contributed by atoms with E-state index >= 15 is 0 Å². The number of nitrogens with one attached hydrogen (secondary N) is 1. The Labute approximate surface area is 177 Å². The Morgan fingerprint density at radius 3 is 1.50 bits per heavy atom. The molecule has 5 heteroatoms. The second-order valence-corrected chi connectivity index (χ2v) is 3.55. The van der Waals surface area contributed by atoms with Gasteiger partial charge in [-0.05, 0) is 0 Å². The van der Waals surface area contributed by atoms with E-state index in [-0.39, 0.29) is 95.6 Å². The molecule has 0 amide bonds. The zero-order valence-electron chi connectivity index (χ0n) is 15.6. The molecule has 1 radical (unpaired) electrons. The Balaban J connectivity index is -0.0000000104. The summed E-state index contributed by atoms with van der Waals surface area (Å²) < 4.78 is 0. The Morgan fingerprint density at radius 2 is 1.41 bits per heavy atom. The molecule has 0 saturated heterocycles. The van der Waals surface area contributed by atoms with E-state index < -0.39 is 0 Å². The largest absolute Gasteiger partial charge is 0.484 e. The van der Waals surface area contributed by atoms with Crippen LogP contribution in [0.4, 0.5) is 0 Å². The van der Waals surface area contributed by atoms with Crippen molar-refractivity contribution in [3.8, 4) is 0 Å². The van der Waals surface area contributed by atoms with E-state index in [1.807, 2.05) is 30.5 Å². The third-order valence-corrected chi connectivity index (χ3v) is 1.03. The van der Waals surface area contributed by atoms with E-state index in [4.69, 9.17) is 0 Å². The summed E-state index contributed by atoms with van der Waals surface area (Å²) in [4.78, 5) is 2.74. The number of halogens is 2. The van der Waals surface area contributed by atoms with Crippen molar-refractivity contribution in [3.05, 3.63) is 93.4 Å². The monoisotopic (exact) mass is 442 g/mol. The van der Waals surface area contributed by atoms with Crippen molar-refractivity contribution in [2.45, 2.75) is 19.5 Å². The average Bonchev–Trinajstić information content (AvgIpc) is 2.85. The Hall–Kier alpha value is 0.440. The fraction of sp³-hybridized carbons (Fsp3) is 0.176. The molecule has 0 saturated carbocycles. The van der Waals surface area contributed by atoms with E-state index in [0.717, 1.165) is 15.9 Å². The molecule has 0 aliphatic heterocycles. The molecule has 2 rings (SSSR count). The predicted octanol–water partition coefficient (Wildman–Crippen LogP) is 6.18. The van der Waals surface area contributed by atoms with Crippen LogP contribution in [0.1, 0.15) is 6.42 Å². The van der Waals surface area contributed by atoms with Gasteiger partial charge in [0.15, 0.2) is 0 Å². The van der Waals surface area contributed by atoms with Crippen molar-refractivity contribution in [1.82, 2.24) is 4.98 Å². The van der Waals surface area contributed by atoms with Crippen molar-refractivity contribution in [1.29, 1.82) is 0 Å². The van der Waals surface area contributed by atoms with E-state index in [0.29, 0.717) is 0 Å². The maximum Gasteiger partial charge on any atom is 0.0213 e. The topological polar surface area (TPSA) is 15.8 Å². The minimum atomic E-state index is 0. The first-order valence-electron chi connectivity index (χ1n) is 4.37. The Morgan fingerprint density at radius 1 is 0.955 bits per heavy atom. The standard InChI is InChI=1S/C5H5.C4H4N.C2H7Si.6CH3.2ClH.Zr/c2*1-2-4-5-3-1;1-3-2;;;;;;;;;/h1-3H,4H2;1-3,5H;3H,1-2H3;6*1H3;2*1H;/q2*-1;;6*-1;;;. The number of allylic oxidation sites excluding steroid dienone is 4. The molecule has 0 spiro atoms. The van der Waals surface area contributed by atoms with Crippen LogP contribution in [0.5, 0.6) is 0 Å². The summed E-state index contributed by atoms with van der Waals surface area (Å²) in [6.07, 6.45) is 14.6. The summed E-state index contributed by atoms with van der Waals surface area (Å²) in [5, 5.41) is 0. The molecule has 139 valence electrons. The van der Waals surface area contributed by atoms with Gasteiger partial charge in [-0.2, -0.15) is 24.4 Å². The van der Waals surface area contributed by atoms with Crippen LogP contribution in [0.25, 0.3) is 0 Å². The molecular weight excluding hydrogens is 408 g/mol. The minimum Gasteiger partial charge on any atom is -0.484 e. The van der Waals surface area contributed by atoms with Crippen LogP contribution < -0.4 is 0 Å². The van der Waals surface area contributed by atoms with Crippen molar-refractivity contribution in [2.75, 3.05) is 0 Å². The maximum absolute atomic E-state index is 2.99. The third-order valence-electron chi connectivity index (χ3n) is 1.03. The molecule has 1 N–H and O–H groups in total. The minimum absolute atomic E-state index is 0. The molecule has 22 heavy (non-hydrogen) atoms. The molecular formula is C17H36Cl2NSiZr-8. The first-order chi connectivity index (χ1) is 6.41. The van der Waals surface area contributed by atoms with Gasteiger partial charge >= 0.3 is 0 Å². The van der Waals surface area contributed by atoms with Gasteiger partial charge in [0.2, 0.25) is 0 Å². The summed E-state index contributed by atoms with van der Waals surface area (Å²) in [5.74, 6) is 0. The van der Waals surface area contributed by atoms with Gasteiger partial charge in [0.25, 0.3) is 0 Å². The van der Waals surface area contributed by atoms with E-state index in [1.165, 1.54) is 0 Å². The second kappa shape index (κ2) is 68.4. The van der Waals surface area contributed by atoms with Crippen LogP contribution in [-0.4, -0.2) is 14.5 Å². The number of aromatic nitrogens is 1. The van der Waals surface area contributed by atoms with Crippen molar-refractivity contribution in [3.63, 3.8) is 0 Å². The van der Waals surface area contributed by atoms with Crippen LogP contribution in [0, 0.1) is 56.8 Å². The summed E-state index contributed by atoms with van der Waals surface area (Å²) in [6, 6.07) is 3.71. The zero-order valence-corrected chi connectivity index (χ0v) is 20.8. The van der Waals surface area contributed by atoms with Gasteiger partial charge in [0.1, 0.15) is 0 Å². The molecule has 1 aromatic rings. The van der Waals surface area contributed by atoms with Crippen molar-refractivity contribution in [2.24, 2.45) is 0 Å². The molecule has 0 fully saturated rings. The van der Waals surface area contributed by atoms with E-state index in [9.17, 15) is 0 Å². The zero-order chi connectivity index (χ0) is 9.78. The average molecular weight is 445 g/mol. The van der Waals surface area contributed by atoms with Gasteiger partial charge in [0, 0.05) is 35.7 Å². The van der Waals surface area contributed by atoms with Crippen LogP contribution in [0.2, 0.25) is 13.1 Å². The molecule has 1 aliphatic carbocycles. The fourth-order valence-corrected chi connectivity index (χ4v) is 0.581. The first kappa shape index (κ1) is 66.7. The van der Waals surface area contributed by atoms with E-state index in [1.54, 1.807) is 0 Å². The normalized spacial score (nSPS) is 6.64. The number of hydrogen-bond acceptors (Lipinski definition) is 0. The van der Waals surface area contributed by atoms with Gasteiger partial charge in [-0.1, -0.05) is 13.1 Å². The summed E-state index contributed by atoms with van der Waals surface area (Å²) in [6.45, 7) is 4.42. The second-order valence-electron chi connectivity index (χ2n) is 2.39. The molecule has 0 bridgehead atoms. The van der Waals surface area contributed by atoms with Gasteiger partial charge in [0.05, 0.1) is 0 Å². The first-order valence-corrected chi connectivity index (χ1v) is 6.68. The van der Waals surface area contributed by atoms with Gasteiger partial charge in [-0.25, -0.2) is 12.2 Å². The van der Waals surface area contributed by atoms with E-state index in [2.05, 4.69) is 36.4 Å². The quantitative estimate of drug-likeness (QED) is 0.363. The molecule has 0 atom stereocenters. The van der Waals surface area contributed by atoms with Crippen LogP contribution in [-0.2, 0) is 26.2 Å². The fourth-order valence-electron chi connectivity index (χ4n) is 0.581. The Kier molecular flexibility index (Phi) is 207. The molecule has 1 aromatic heterocycles. The van der Waals surface area contributed by atoms with Crippen molar-refractivity contribution >= 4 is 34.3 Å². The van der Waals surface area contributed by atoms with Crippen LogP contribution in [0.3, 0.4) is 0 Å². The smallest absolute Gasteiger partial charge is 0.0213 e. The summed E-state index contributed by atoms with van der Waals surface area (Å²) >= 11 is 0. The number of H-pyrrole nitrogens is 1. The van der Waals surface area contributed by atoms with Crippen LogP contribution >= 0.6 is 24.8 Å². The van der Waals surface area contributed by atoms with Gasteiger partial charge < -0.3 is 49.5 Å². The summed E-state index contributed by atoms with van der Waals surface area (Å²) in [5.41, 5.74) is 0. The maximum atomic E-state index is 2.99. The Bertz CT molecular complexity index is 201. The van der Waals surface area contributed by atoms with Gasteiger partial charge in [-0.15, -0.1) is 37.4 Å². The molecule has 0 aromatic carbocycles. The molecule has 1 nitrogen and oxygen atoms in total.